The molecule has 23 heavy (non-hydrogen) atoms. The number of hydrogen-bond donors (Lipinski definition) is 0. The van der Waals surface area contributed by atoms with Gasteiger partial charge in [0.05, 0.1) is 5.52 Å². The van der Waals surface area contributed by atoms with Gasteiger partial charge in [-0.2, -0.15) is 0 Å². The minimum absolute atomic E-state index is 0. The van der Waals surface area contributed by atoms with E-state index < -0.39 is 0 Å². The maximum atomic E-state index is 4.16. The number of hydrogen-bond acceptors (Lipinski definition) is 2. The third-order valence-corrected chi connectivity index (χ3v) is 4.39. The summed E-state index contributed by atoms with van der Waals surface area (Å²) in [4.78, 5) is 6.58. The Kier molecular flexibility index (Phi) is 5.69. The standard InChI is InChI=1S/C18H19N3.2ClH/c1-20-12-4-7-18-16(13-20)15-5-2-3-6-17(15)21(18)14-8-10-19-11-9-14;;/h2-3,5-6,8-11H,4,7,12-13H2,1H3;2*1H. The number of benzene rings is 1. The molecule has 3 heterocycles. The van der Waals surface area contributed by atoms with E-state index in [1.807, 2.05) is 12.4 Å². The smallest absolute Gasteiger partial charge is 0.0534 e. The lowest BCUT2D eigenvalue weighted by Gasteiger charge is -2.12. The quantitative estimate of drug-likeness (QED) is 0.654. The van der Waals surface area contributed by atoms with Crippen molar-refractivity contribution in [2.75, 3.05) is 13.6 Å². The van der Waals surface area contributed by atoms with Gasteiger partial charge in [-0.05, 0) is 50.2 Å². The van der Waals surface area contributed by atoms with Crippen molar-refractivity contribution in [2.24, 2.45) is 0 Å². The summed E-state index contributed by atoms with van der Waals surface area (Å²) in [5.41, 5.74) is 5.48. The van der Waals surface area contributed by atoms with Gasteiger partial charge >= 0.3 is 0 Å². The van der Waals surface area contributed by atoms with Gasteiger partial charge in [-0.1, -0.05) is 18.2 Å². The van der Waals surface area contributed by atoms with Gasteiger partial charge in [0, 0.05) is 35.7 Å². The number of para-hydroxylation sites is 1. The van der Waals surface area contributed by atoms with Gasteiger partial charge in [0.2, 0.25) is 0 Å². The molecule has 0 N–H and O–H groups in total. The molecule has 0 saturated carbocycles. The second kappa shape index (κ2) is 7.35. The predicted molar refractivity (Wildman–Crippen MR) is 100 cm³/mol. The van der Waals surface area contributed by atoms with Crippen LogP contribution in [0.15, 0.2) is 48.8 Å². The molecular formula is C18H21Cl2N3. The van der Waals surface area contributed by atoms with Crippen LogP contribution in [0.4, 0.5) is 0 Å². The molecule has 2 aromatic heterocycles. The van der Waals surface area contributed by atoms with E-state index in [1.165, 1.54) is 40.8 Å². The molecule has 0 unspecified atom stereocenters. The van der Waals surface area contributed by atoms with Crippen molar-refractivity contribution in [3.05, 3.63) is 60.0 Å². The Morgan fingerprint density at radius 3 is 2.52 bits per heavy atom. The van der Waals surface area contributed by atoms with Gasteiger partial charge in [0.25, 0.3) is 0 Å². The zero-order valence-corrected chi connectivity index (χ0v) is 14.7. The first-order valence-electron chi connectivity index (χ1n) is 7.55. The van der Waals surface area contributed by atoms with Crippen molar-refractivity contribution < 1.29 is 0 Å². The molecule has 0 radical (unpaired) electrons. The van der Waals surface area contributed by atoms with E-state index in [1.54, 1.807) is 0 Å². The highest BCUT2D eigenvalue weighted by Gasteiger charge is 2.21. The summed E-state index contributed by atoms with van der Waals surface area (Å²) in [6.45, 7) is 2.20. The highest BCUT2D eigenvalue weighted by molar-refractivity contribution is 5.87. The van der Waals surface area contributed by atoms with Crippen LogP contribution in [0.5, 0.6) is 0 Å². The van der Waals surface area contributed by atoms with Gasteiger partial charge in [-0.25, -0.2) is 0 Å². The molecule has 5 heteroatoms. The highest BCUT2D eigenvalue weighted by Crippen LogP contribution is 2.32. The monoisotopic (exact) mass is 349 g/mol. The normalized spacial score (nSPS) is 14.5. The summed E-state index contributed by atoms with van der Waals surface area (Å²) >= 11 is 0. The number of halogens is 2. The maximum absolute atomic E-state index is 4.16. The van der Waals surface area contributed by atoms with E-state index in [0.717, 1.165) is 13.0 Å². The largest absolute Gasteiger partial charge is 0.313 e. The Morgan fingerprint density at radius 2 is 1.74 bits per heavy atom. The molecule has 122 valence electrons. The number of fused-ring (bicyclic) bond motifs is 3. The van der Waals surface area contributed by atoms with Gasteiger partial charge in [0.15, 0.2) is 0 Å². The van der Waals surface area contributed by atoms with E-state index in [4.69, 9.17) is 0 Å². The lowest BCUT2D eigenvalue weighted by atomic mass is 10.1. The van der Waals surface area contributed by atoms with Crippen LogP contribution in [0.1, 0.15) is 17.7 Å². The Labute approximate surface area is 149 Å². The van der Waals surface area contributed by atoms with Crippen LogP contribution in [-0.4, -0.2) is 28.0 Å². The molecular weight excluding hydrogens is 329 g/mol. The molecule has 0 amide bonds. The molecule has 0 spiro atoms. The first kappa shape index (κ1) is 17.8. The first-order chi connectivity index (χ1) is 10.3. The third-order valence-electron chi connectivity index (χ3n) is 4.39. The molecule has 3 aromatic rings. The summed E-state index contributed by atoms with van der Waals surface area (Å²) in [6, 6.07) is 12.9. The van der Waals surface area contributed by atoms with Crippen molar-refractivity contribution in [3.63, 3.8) is 0 Å². The van der Waals surface area contributed by atoms with E-state index in [2.05, 4.69) is 57.9 Å². The van der Waals surface area contributed by atoms with E-state index in [0.29, 0.717) is 0 Å². The molecule has 0 saturated heterocycles. The number of aromatic nitrogens is 2. The maximum Gasteiger partial charge on any atom is 0.0534 e. The molecule has 0 atom stereocenters. The SMILES string of the molecule is CN1CCCc2c(c3ccccc3n2-c2ccncc2)C1.Cl.Cl. The Balaban J connectivity index is 0.000000960. The van der Waals surface area contributed by atoms with Crippen molar-refractivity contribution in [1.82, 2.24) is 14.5 Å². The average Bonchev–Trinajstić information content (AvgIpc) is 2.69. The summed E-state index contributed by atoms with van der Waals surface area (Å²) < 4.78 is 2.42. The topological polar surface area (TPSA) is 21.1 Å². The molecule has 3 nitrogen and oxygen atoms in total. The number of nitrogens with zero attached hydrogens (tertiary/aromatic N) is 3. The van der Waals surface area contributed by atoms with Crippen LogP contribution >= 0.6 is 24.8 Å². The van der Waals surface area contributed by atoms with Crippen molar-refractivity contribution in [1.29, 1.82) is 0 Å². The summed E-state index contributed by atoms with van der Waals surface area (Å²) in [5.74, 6) is 0. The average molecular weight is 350 g/mol. The molecule has 0 fully saturated rings. The van der Waals surface area contributed by atoms with E-state index in [-0.39, 0.29) is 24.8 Å². The Morgan fingerprint density at radius 1 is 1.00 bits per heavy atom. The van der Waals surface area contributed by atoms with Crippen LogP contribution in [0, 0.1) is 0 Å². The molecule has 1 aliphatic rings. The molecule has 4 rings (SSSR count). The summed E-state index contributed by atoms with van der Waals surface area (Å²) in [5, 5.41) is 1.39. The van der Waals surface area contributed by atoms with Crippen LogP contribution in [0.3, 0.4) is 0 Å². The number of pyridine rings is 1. The zero-order chi connectivity index (χ0) is 14.2. The van der Waals surface area contributed by atoms with Crippen molar-refractivity contribution in [3.8, 4) is 5.69 Å². The zero-order valence-electron chi connectivity index (χ0n) is 13.1. The van der Waals surface area contributed by atoms with E-state index in [9.17, 15) is 0 Å². The minimum Gasteiger partial charge on any atom is -0.313 e. The lowest BCUT2D eigenvalue weighted by molar-refractivity contribution is 0.333. The van der Waals surface area contributed by atoms with Crippen LogP contribution in [0.25, 0.3) is 16.6 Å². The summed E-state index contributed by atoms with van der Waals surface area (Å²) in [6.07, 6.45) is 6.10. The van der Waals surface area contributed by atoms with Crippen LogP contribution in [-0.2, 0) is 13.0 Å². The minimum atomic E-state index is 0. The van der Waals surface area contributed by atoms with Crippen LogP contribution < -0.4 is 0 Å². The Bertz CT molecular complexity index is 784. The Hall–Kier alpha value is -1.55. The molecule has 0 aliphatic carbocycles. The van der Waals surface area contributed by atoms with Gasteiger partial charge < -0.3 is 9.47 Å². The van der Waals surface area contributed by atoms with Gasteiger partial charge in [0.1, 0.15) is 0 Å². The fourth-order valence-corrected chi connectivity index (χ4v) is 3.45. The van der Waals surface area contributed by atoms with E-state index >= 15 is 0 Å². The van der Waals surface area contributed by atoms with Crippen molar-refractivity contribution in [2.45, 2.75) is 19.4 Å². The highest BCUT2D eigenvalue weighted by atomic mass is 35.5. The van der Waals surface area contributed by atoms with Crippen molar-refractivity contribution >= 4 is 35.7 Å². The predicted octanol–water partition coefficient (Wildman–Crippen LogP) is 4.25. The van der Waals surface area contributed by atoms with Gasteiger partial charge in [-0.15, -0.1) is 24.8 Å². The molecule has 1 aliphatic heterocycles. The molecule has 0 bridgehead atoms. The third kappa shape index (κ3) is 3.09. The first-order valence-corrected chi connectivity index (χ1v) is 7.55. The fraction of sp³-hybridized carbons (Fsp3) is 0.278. The lowest BCUT2D eigenvalue weighted by Crippen LogP contribution is -2.16. The second-order valence-corrected chi connectivity index (χ2v) is 5.82. The molecule has 1 aromatic carbocycles. The fourth-order valence-electron chi connectivity index (χ4n) is 3.45. The van der Waals surface area contributed by atoms with Gasteiger partial charge in [-0.3, -0.25) is 4.98 Å². The second-order valence-electron chi connectivity index (χ2n) is 5.82. The van der Waals surface area contributed by atoms with Crippen LogP contribution in [0.2, 0.25) is 0 Å². The summed E-state index contributed by atoms with van der Waals surface area (Å²) in [7, 11) is 2.22. The number of rotatable bonds is 1.